The lowest BCUT2D eigenvalue weighted by atomic mass is 10.3. The molecule has 3 aromatic rings. The first kappa shape index (κ1) is 17.3. The quantitative estimate of drug-likeness (QED) is 0.690. The molecule has 0 amide bonds. The third-order valence-electron chi connectivity index (χ3n) is 3.95. The maximum atomic E-state index is 10.4. The molecule has 2 unspecified atom stereocenters. The number of hydrogen-bond acceptors (Lipinski definition) is 5. The highest BCUT2D eigenvalue weighted by atomic mass is 16.5. The Bertz CT molecular complexity index is 827. The Labute approximate surface area is 146 Å². The predicted molar refractivity (Wildman–Crippen MR) is 94.9 cm³/mol. The van der Waals surface area contributed by atoms with Gasteiger partial charge in [0.2, 0.25) is 0 Å². The van der Waals surface area contributed by atoms with E-state index in [0.717, 1.165) is 16.8 Å². The van der Waals surface area contributed by atoms with Gasteiger partial charge in [-0.15, -0.1) is 0 Å². The highest BCUT2D eigenvalue weighted by Crippen LogP contribution is 2.22. The average Bonchev–Trinajstić information content (AvgIpc) is 2.99. The Balaban J connectivity index is 1.70. The van der Waals surface area contributed by atoms with Crippen molar-refractivity contribution in [2.45, 2.75) is 25.7 Å². The van der Waals surface area contributed by atoms with E-state index in [1.165, 1.54) is 0 Å². The van der Waals surface area contributed by atoms with Crippen LogP contribution in [0.1, 0.15) is 18.9 Å². The molecule has 0 radical (unpaired) electrons. The van der Waals surface area contributed by atoms with Crippen LogP contribution in [0.5, 0.6) is 11.5 Å². The van der Waals surface area contributed by atoms with Gasteiger partial charge in [0.25, 0.3) is 0 Å². The number of rotatable bonds is 7. The van der Waals surface area contributed by atoms with Crippen molar-refractivity contribution in [1.82, 2.24) is 9.55 Å². The topological polar surface area (TPSA) is 76.7 Å². The molecule has 132 valence electrons. The van der Waals surface area contributed by atoms with Gasteiger partial charge in [-0.3, -0.25) is 0 Å². The van der Waals surface area contributed by atoms with Crippen LogP contribution in [-0.4, -0.2) is 39.6 Å². The minimum absolute atomic E-state index is 0.137. The molecule has 0 aliphatic heterocycles. The predicted octanol–water partition coefficient (Wildman–Crippen LogP) is 2.54. The van der Waals surface area contributed by atoms with Crippen molar-refractivity contribution in [3.63, 3.8) is 0 Å². The van der Waals surface area contributed by atoms with Crippen molar-refractivity contribution < 1.29 is 19.7 Å². The minimum Gasteiger partial charge on any atom is -0.497 e. The minimum atomic E-state index is -0.739. The molecular weight excluding hydrogens is 320 g/mol. The first-order valence-electron chi connectivity index (χ1n) is 8.16. The second-order valence-electron chi connectivity index (χ2n) is 5.89. The van der Waals surface area contributed by atoms with Crippen molar-refractivity contribution in [3.8, 4) is 11.5 Å². The molecule has 6 nitrogen and oxygen atoms in total. The summed E-state index contributed by atoms with van der Waals surface area (Å²) in [5.41, 5.74) is 1.67. The largest absolute Gasteiger partial charge is 0.497 e. The van der Waals surface area contributed by atoms with E-state index in [4.69, 9.17) is 9.47 Å². The van der Waals surface area contributed by atoms with Crippen LogP contribution in [0.2, 0.25) is 0 Å². The standard InChI is InChI=1S/C19H22N2O4/c1-13(22)19-20-17-5-3-4-6-18(17)21(19)11-14(23)12-25-16-9-7-15(24-2)8-10-16/h3-10,13-14,22-23H,11-12H2,1-2H3. The van der Waals surface area contributed by atoms with E-state index >= 15 is 0 Å². The highest BCUT2D eigenvalue weighted by molar-refractivity contribution is 5.76. The van der Waals surface area contributed by atoms with Crippen molar-refractivity contribution in [2.75, 3.05) is 13.7 Å². The Morgan fingerprint density at radius 3 is 2.40 bits per heavy atom. The van der Waals surface area contributed by atoms with Gasteiger partial charge in [0, 0.05) is 0 Å². The zero-order valence-electron chi connectivity index (χ0n) is 14.3. The molecule has 0 saturated carbocycles. The molecule has 1 aromatic heterocycles. The second-order valence-corrected chi connectivity index (χ2v) is 5.89. The number of methoxy groups -OCH3 is 1. The molecule has 0 fully saturated rings. The lowest BCUT2D eigenvalue weighted by Crippen LogP contribution is -2.25. The molecule has 0 aliphatic rings. The van der Waals surface area contributed by atoms with Crippen LogP contribution in [0.4, 0.5) is 0 Å². The van der Waals surface area contributed by atoms with E-state index < -0.39 is 12.2 Å². The molecule has 25 heavy (non-hydrogen) atoms. The first-order chi connectivity index (χ1) is 12.1. The number of para-hydroxylation sites is 2. The second kappa shape index (κ2) is 7.55. The third-order valence-corrected chi connectivity index (χ3v) is 3.95. The smallest absolute Gasteiger partial charge is 0.138 e. The van der Waals surface area contributed by atoms with Gasteiger partial charge in [0.1, 0.15) is 36.1 Å². The summed E-state index contributed by atoms with van der Waals surface area (Å²) in [4.78, 5) is 4.45. The first-order valence-corrected chi connectivity index (χ1v) is 8.16. The molecule has 0 saturated heterocycles. The Morgan fingerprint density at radius 2 is 1.72 bits per heavy atom. The number of aliphatic hydroxyl groups excluding tert-OH is 2. The summed E-state index contributed by atoms with van der Waals surface area (Å²) in [6, 6.07) is 14.8. The Hall–Kier alpha value is -2.57. The van der Waals surface area contributed by atoms with Crippen molar-refractivity contribution in [3.05, 3.63) is 54.4 Å². The lowest BCUT2D eigenvalue weighted by molar-refractivity contribution is 0.0895. The van der Waals surface area contributed by atoms with Crippen LogP contribution in [0.3, 0.4) is 0 Å². The van der Waals surface area contributed by atoms with E-state index in [1.54, 1.807) is 38.3 Å². The van der Waals surface area contributed by atoms with E-state index in [0.29, 0.717) is 11.6 Å². The number of hydrogen-bond donors (Lipinski definition) is 2. The fourth-order valence-corrected chi connectivity index (χ4v) is 2.73. The Morgan fingerprint density at radius 1 is 1.04 bits per heavy atom. The maximum absolute atomic E-state index is 10.4. The van der Waals surface area contributed by atoms with Crippen molar-refractivity contribution in [1.29, 1.82) is 0 Å². The van der Waals surface area contributed by atoms with Gasteiger partial charge in [0.05, 0.1) is 24.7 Å². The molecule has 0 spiro atoms. The molecule has 3 rings (SSSR count). The number of imidazole rings is 1. The number of nitrogens with zero attached hydrogens (tertiary/aromatic N) is 2. The van der Waals surface area contributed by atoms with E-state index in [1.807, 2.05) is 28.8 Å². The average molecular weight is 342 g/mol. The molecular formula is C19H22N2O4. The van der Waals surface area contributed by atoms with Gasteiger partial charge in [0.15, 0.2) is 0 Å². The lowest BCUT2D eigenvalue weighted by Gasteiger charge is -2.16. The fourth-order valence-electron chi connectivity index (χ4n) is 2.73. The van der Waals surface area contributed by atoms with Crippen molar-refractivity contribution >= 4 is 11.0 Å². The van der Waals surface area contributed by atoms with E-state index in [-0.39, 0.29) is 13.2 Å². The zero-order chi connectivity index (χ0) is 17.8. The molecule has 2 atom stereocenters. The van der Waals surface area contributed by atoms with Gasteiger partial charge in [-0.25, -0.2) is 4.98 Å². The van der Waals surface area contributed by atoms with Crippen LogP contribution in [0.15, 0.2) is 48.5 Å². The summed E-state index contributed by atoms with van der Waals surface area (Å²) in [7, 11) is 1.61. The van der Waals surface area contributed by atoms with E-state index in [2.05, 4.69) is 4.98 Å². The maximum Gasteiger partial charge on any atom is 0.138 e. The van der Waals surface area contributed by atoms with Gasteiger partial charge >= 0.3 is 0 Å². The summed E-state index contributed by atoms with van der Waals surface area (Å²) < 4.78 is 12.6. The number of ether oxygens (including phenoxy) is 2. The van der Waals surface area contributed by atoms with Crippen LogP contribution < -0.4 is 9.47 Å². The zero-order valence-corrected chi connectivity index (χ0v) is 14.3. The van der Waals surface area contributed by atoms with Gasteiger partial charge in [-0.05, 0) is 43.3 Å². The molecule has 6 heteroatoms. The molecule has 0 bridgehead atoms. The van der Waals surface area contributed by atoms with Crippen LogP contribution in [-0.2, 0) is 6.54 Å². The van der Waals surface area contributed by atoms with E-state index in [9.17, 15) is 10.2 Å². The molecule has 2 N–H and O–H groups in total. The molecule has 0 aliphatic carbocycles. The van der Waals surface area contributed by atoms with Crippen molar-refractivity contribution in [2.24, 2.45) is 0 Å². The summed E-state index contributed by atoms with van der Waals surface area (Å²) in [5.74, 6) is 1.94. The SMILES string of the molecule is COc1ccc(OCC(O)Cn2c(C(C)O)nc3ccccc32)cc1. The number of benzene rings is 2. The normalized spacial score (nSPS) is 13.6. The monoisotopic (exact) mass is 342 g/mol. The summed E-state index contributed by atoms with van der Waals surface area (Å²) in [6.45, 7) is 2.09. The number of aromatic nitrogens is 2. The summed E-state index contributed by atoms with van der Waals surface area (Å²) >= 11 is 0. The van der Waals surface area contributed by atoms with Gasteiger partial charge in [-0.2, -0.15) is 0 Å². The molecule has 2 aromatic carbocycles. The Kier molecular flexibility index (Phi) is 5.21. The van der Waals surface area contributed by atoms with Crippen LogP contribution in [0, 0.1) is 0 Å². The van der Waals surface area contributed by atoms with Gasteiger partial charge < -0.3 is 24.3 Å². The number of aliphatic hydroxyl groups is 2. The summed E-state index contributed by atoms with van der Waals surface area (Å²) in [5, 5.41) is 20.3. The number of fused-ring (bicyclic) bond motifs is 1. The highest BCUT2D eigenvalue weighted by Gasteiger charge is 2.17. The fraction of sp³-hybridized carbons (Fsp3) is 0.316. The summed E-state index contributed by atoms with van der Waals surface area (Å²) in [6.07, 6.45) is -1.46. The van der Waals surface area contributed by atoms with Crippen LogP contribution >= 0.6 is 0 Å². The molecule has 1 heterocycles. The van der Waals surface area contributed by atoms with Gasteiger partial charge in [-0.1, -0.05) is 12.1 Å². The van der Waals surface area contributed by atoms with Crippen LogP contribution in [0.25, 0.3) is 11.0 Å². The third kappa shape index (κ3) is 3.92.